The fourth-order valence-corrected chi connectivity index (χ4v) is 3.59. The highest BCUT2D eigenvalue weighted by Crippen LogP contribution is 2.45. The standard InChI is InChI=1S/C18H20O7/c1-22-16(19)13-11-8-9-12(24-11)14(13)17(20)25-15(18(21)23-2)10-6-4-3-5-7-10/h3-7,11-15H,8-9H2,1-2H3/t11-,12+,13-,14+,15+/m0/s1. The predicted octanol–water partition coefficient (Wildman–Crippen LogP) is 1.41. The summed E-state index contributed by atoms with van der Waals surface area (Å²) in [6, 6.07) is 8.60. The largest absolute Gasteiger partial charge is 0.469 e. The van der Waals surface area contributed by atoms with E-state index in [0.29, 0.717) is 18.4 Å². The van der Waals surface area contributed by atoms with Crippen LogP contribution in [0.3, 0.4) is 0 Å². The van der Waals surface area contributed by atoms with Crippen LogP contribution >= 0.6 is 0 Å². The molecule has 0 radical (unpaired) electrons. The minimum Gasteiger partial charge on any atom is -0.469 e. The van der Waals surface area contributed by atoms with Crippen LogP contribution in [0.25, 0.3) is 0 Å². The van der Waals surface area contributed by atoms with Gasteiger partial charge in [0.05, 0.1) is 38.3 Å². The van der Waals surface area contributed by atoms with Crippen molar-refractivity contribution in [2.45, 2.75) is 31.2 Å². The van der Waals surface area contributed by atoms with Crippen molar-refractivity contribution in [2.75, 3.05) is 14.2 Å². The van der Waals surface area contributed by atoms with Gasteiger partial charge in [-0.05, 0) is 12.8 Å². The molecule has 2 saturated heterocycles. The maximum Gasteiger partial charge on any atom is 0.351 e. The van der Waals surface area contributed by atoms with Crippen LogP contribution in [-0.2, 0) is 33.3 Å². The maximum atomic E-state index is 12.8. The van der Waals surface area contributed by atoms with Gasteiger partial charge in [0.1, 0.15) is 0 Å². The zero-order valence-corrected chi connectivity index (χ0v) is 14.0. The lowest BCUT2D eigenvalue weighted by atomic mass is 9.79. The molecule has 0 saturated carbocycles. The summed E-state index contributed by atoms with van der Waals surface area (Å²) in [6.07, 6.45) is -0.547. The Labute approximate surface area is 145 Å². The van der Waals surface area contributed by atoms with Crippen molar-refractivity contribution in [1.82, 2.24) is 0 Å². The first kappa shape index (κ1) is 17.4. The summed E-state index contributed by atoms with van der Waals surface area (Å²) < 4.78 is 20.7. The van der Waals surface area contributed by atoms with E-state index in [1.807, 2.05) is 0 Å². The van der Waals surface area contributed by atoms with Crippen molar-refractivity contribution in [3.05, 3.63) is 35.9 Å². The second-order valence-electron chi connectivity index (χ2n) is 6.12. The average molecular weight is 348 g/mol. The molecule has 0 amide bonds. The summed E-state index contributed by atoms with van der Waals surface area (Å²) in [5.41, 5.74) is 0.501. The second kappa shape index (κ2) is 7.23. The number of ether oxygens (including phenoxy) is 4. The summed E-state index contributed by atoms with van der Waals surface area (Å²) >= 11 is 0. The fraction of sp³-hybridized carbons (Fsp3) is 0.500. The molecule has 2 aliphatic heterocycles. The van der Waals surface area contributed by atoms with Gasteiger partial charge in [0.2, 0.25) is 6.10 Å². The lowest BCUT2D eigenvalue weighted by Crippen LogP contribution is -2.40. The zero-order valence-electron chi connectivity index (χ0n) is 14.0. The van der Waals surface area contributed by atoms with Gasteiger partial charge in [0.15, 0.2) is 0 Å². The Morgan fingerprint density at radius 3 is 2.12 bits per heavy atom. The monoisotopic (exact) mass is 348 g/mol. The van der Waals surface area contributed by atoms with Crippen molar-refractivity contribution >= 4 is 17.9 Å². The molecular weight excluding hydrogens is 328 g/mol. The second-order valence-corrected chi connectivity index (χ2v) is 6.12. The molecule has 0 aromatic heterocycles. The molecular formula is C18H20O7. The van der Waals surface area contributed by atoms with Gasteiger partial charge in [0, 0.05) is 5.56 Å². The molecule has 0 aliphatic carbocycles. The highest BCUT2D eigenvalue weighted by Gasteiger charge is 2.57. The van der Waals surface area contributed by atoms with Crippen LogP contribution in [0.15, 0.2) is 30.3 Å². The summed E-state index contributed by atoms with van der Waals surface area (Å²) in [5.74, 6) is -3.31. The van der Waals surface area contributed by atoms with E-state index >= 15 is 0 Å². The van der Waals surface area contributed by atoms with Crippen molar-refractivity contribution < 1.29 is 33.3 Å². The van der Waals surface area contributed by atoms with Crippen LogP contribution < -0.4 is 0 Å². The van der Waals surface area contributed by atoms with Crippen LogP contribution in [-0.4, -0.2) is 44.3 Å². The fourth-order valence-electron chi connectivity index (χ4n) is 3.59. The molecule has 2 bridgehead atoms. The van der Waals surface area contributed by atoms with E-state index in [1.165, 1.54) is 14.2 Å². The lowest BCUT2D eigenvalue weighted by Gasteiger charge is -2.26. The quantitative estimate of drug-likeness (QED) is 0.587. The van der Waals surface area contributed by atoms with Crippen molar-refractivity contribution in [1.29, 1.82) is 0 Å². The average Bonchev–Trinajstić information content (AvgIpc) is 3.26. The third kappa shape index (κ3) is 3.24. The number of esters is 3. The first-order valence-corrected chi connectivity index (χ1v) is 8.13. The van der Waals surface area contributed by atoms with E-state index in [2.05, 4.69) is 0 Å². The Morgan fingerprint density at radius 2 is 1.56 bits per heavy atom. The summed E-state index contributed by atoms with van der Waals surface area (Å²) in [6.45, 7) is 0. The molecule has 0 spiro atoms. The third-order valence-electron chi connectivity index (χ3n) is 4.77. The minimum absolute atomic E-state index is 0.344. The normalized spacial score (nSPS) is 28.2. The van der Waals surface area contributed by atoms with Crippen LogP contribution in [0.2, 0.25) is 0 Å². The van der Waals surface area contributed by atoms with Crippen LogP contribution in [0.5, 0.6) is 0 Å². The molecule has 2 fully saturated rings. The number of hydrogen-bond acceptors (Lipinski definition) is 7. The maximum absolute atomic E-state index is 12.8. The molecule has 1 aromatic rings. The molecule has 0 unspecified atom stereocenters. The van der Waals surface area contributed by atoms with Crippen molar-refractivity contribution in [2.24, 2.45) is 11.8 Å². The molecule has 3 rings (SSSR count). The van der Waals surface area contributed by atoms with Gasteiger partial charge in [-0.15, -0.1) is 0 Å². The van der Waals surface area contributed by atoms with Crippen LogP contribution in [0.1, 0.15) is 24.5 Å². The van der Waals surface area contributed by atoms with Gasteiger partial charge in [-0.2, -0.15) is 0 Å². The van der Waals surface area contributed by atoms with E-state index in [9.17, 15) is 14.4 Å². The topological polar surface area (TPSA) is 88.1 Å². The number of methoxy groups -OCH3 is 2. The Kier molecular flexibility index (Phi) is 5.03. The first-order valence-electron chi connectivity index (χ1n) is 8.13. The highest BCUT2D eigenvalue weighted by molar-refractivity contribution is 5.86. The van der Waals surface area contributed by atoms with Gasteiger partial charge in [-0.1, -0.05) is 30.3 Å². The van der Waals surface area contributed by atoms with Gasteiger partial charge in [-0.25, -0.2) is 4.79 Å². The number of hydrogen-bond donors (Lipinski definition) is 0. The van der Waals surface area contributed by atoms with E-state index in [-0.39, 0.29) is 6.10 Å². The number of rotatable bonds is 5. The summed E-state index contributed by atoms with van der Waals surface area (Å²) in [7, 11) is 2.50. The summed E-state index contributed by atoms with van der Waals surface area (Å²) in [5, 5.41) is 0. The molecule has 2 aliphatic rings. The molecule has 0 N–H and O–H groups in total. The lowest BCUT2D eigenvalue weighted by molar-refractivity contribution is -0.173. The Morgan fingerprint density at radius 1 is 0.960 bits per heavy atom. The Bertz CT molecular complexity index is 657. The minimum atomic E-state index is -1.18. The Hall–Kier alpha value is -2.41. The number of fused-ring (bicyclic) bond motifs is 2. The molecule has 1 aromatic carbocycles. The Balaban J connectivity index is 1.81. The smallest absolute Gasteiger partial charge is 0.351 e. The third-order valence-corrected chi connectivity index (χ3v) is 4.77. The molecule has 25 heavy (non-hydrogen) atoms. The van der Waals surface area contributed by atoms with E-state index in [4.69, 9.17) is 18.9 Å². The molecule has 7 heteroatoms. The van der Waals surface area contributed by atoms with E-state index < -0.39 is 42.0 Å². The van der Waals surface area contributed by atoms with Crippen LogP contribution in [0, 0.1) is 11.8 Å². The zero-order chi connectivity index (χ0) is 18.0. The molecule has 5 atom stereocenters. The number of carbonyl (C=O) groups excluding carboxylic acids is 3. The van der Waals surface area contributed by atoms with Gasteiger partial charge >= 0.3 is 17.9 Å². The van der Waals surface area contributed by atoms with E-state index in [0.717, 1.165) is 0 Å². The van der Waals surface area contributed by atoms with Gasteiger partial charge in [-0.3, -0.25) is 9.59 Å². The molecule has 134 valence electrons. The predicted molar refractivity (Wildman–Crippen MR) is 84.2 cm³/mol. The number of carbonyl (C=O) groups is 3. The van der Waals surface area contributed by atoms with Crippen molar-refractivity contribution in [3.63, 3.8) is 0 Å². The van der Waals surface area contributed by atoms with Crippen LogP contribution in [0.4, 0.5) is 0 Å². The molecule has 2 heterocycles. The number of benzene rings is 1. The summed E-state index contributed by atoms with van der Waals surface area (Å²) in [4.78, 5) is 36.9. The molecule has 7 nitrogen and oxygen atoms in total. The van der Waals surface area contributed by atoms with Gasteiger partial charge in [0.25, 0.3) is 0 Å². The van der Waals surface area contributed by atoms with Gasteiger partial charge < -0.3 is 18.9 Å². The first-order chi connectivity index (χ1) is 12.1. The SMILES string of the molecule is COC(=O)[C@@H]1[C@H](C(=O)O[C@@H](C(=O)OC)c2ccccc2)[C@H]2CC[C@@H]1O2. The highest BCUT2D eigenvalue weighted by atomic mass is 16.6. The van der Waals surface area contributed by atoms with Crippen molar-refractivity contribution in [3.8, 4) is 0 Å². The van der Waals surface area contributed by atoms with E-state index in [1.54, 1.807) is 30.3 Å².